The molecule has 21 heteroatoms. The molecule has 604 valence electrons. The van der Waals surface area contributed by atoms with Crippen LogP contribution >= 0.6 is 11.8 Å². The number of rotatable bonds is 30. The van der Waals surface area contributed by atoms with Gasteiger partial charge in [0.2, 0.25) is 11.6 Å². The first-order valence-corrected chi connectivity index (χ1v) is 45.3. The fourth-order valence-electron chi connectivity index (χ4n) is 18.8. The molecule has 8 bridgehead atoms. The summed E-state index contributed by atoms with van der Waals surface area (Å²) in [6, 6.07) is 33.0. The Balaban J connectivity index is 0.729. The second-order valence-electron chi connectivity index (χ2n) is 33.1. The number of ketones is 1. The van der Waals surface area contributed by atoms with Gasteiger partial charge in [-0.25, -0.2) is 8.42 Å². The van der Waals surface area contributed by atoms with E-state index in [1.54, 1.807) is 17.8 Å². The van der Waals surface area contributed by atoms with E-state index in [-0.39, 0.29) is 73.6 Å². The molecule has 115 heavy (non-hydrogen) atoms. The number of aromatic amines is 3. The van der Waals surface area contributed by atoms with Gasteiger partial charge < -0.3 is 45.1 Å². The maximum Gasteiger partial charge on any atom is 0.264 e. The number of Topliss-reactive ketones (excluding diaryl/α,β-unsaturated/α-hetero) is 1. The fourth-order valence-corrected chi connectivity index (χ4v) is 21.1. The molecule has 7 N–H and O–H groups in total. The number of anilines is 1. The van der Waals surface area contributed by atoms with Crippen molar-refractivity contribution in [3.05, 3.63) is 238 Å². The molecule has 3 atom stereocenters. The summed E-state index contributed by atoms with van der Waals surface area (Å²) in [7, 11) is -8.55. The Morgan fingerprint density at radius 2 is 1.48 bits per heavy atom. The van der Waals surface area contributed by atoms with Crippen LogP contribution in [0, 0.1) is 32.6 Å². The van der Waals surface area contributed by atoms with Crippen LogP contribution < -0.4 is 31.5 Å². The smallest absolute Gasteiger partial charge is 0.264 e. The Labute approximate surface area is 681 Å². The van der Waals surface area contributed by atoms with Crippen molar-refractivity contribution >= 4 is 112 Å². The van der Waals surface area contributed by atoms with Crippen LogP contribution in [0.2, 0.25) is 0 Å². The molecule has 4 aliphatic heterocycles. The van der Waals surface area contributed by atoms with E-state index < -0.39 is 36.8 Å². The maximum atomic E-state index is 14.4. The number of benzene rings is 5. The van der Waals surface area contributed by atoms with Gasteiger partial charge in [0.1, 0.15) is 6.54 Å². The van der Waals surface area contributed by atoms with Gasteiger partial charge in [-0.1, -0.05) is 138 Å². The monoisotopic (exact) mass is 1610 g/mol. The van der Waals surface area contributed by atoms with E-state index in [4.69, 9.17) is 4.74 Å². The normalized spacial score (nSPS) is 18.6. The summed E-state index contributed by atoms with van der Waals surface area (Å²) in [5.41, 5.74) is 21.0. The number of amides is 2. The molecule has 0 spiro atoms. The number of fused-ring (bicyclic) bond motifs is 13. The van der Waals surface area contributed by atoms with E-state index in [0.717, 1.165) is 177 Å². The largest absolute Gasteiger partial charge is 0.748 e. The van der Waals surface area contributed by atoms with E-state index in [2.05, 4.69) is 213 Å². The first kappa shape index (κ1) is 82.2. The number of carbonyl (C=O) groups excluding carboxylic acids is 3. The zero-order chi connectivity index (χ0) is 81.4. The van der Waals surface area contributed by atoms with Gasteiger partial charge in [0.15, 0.2) is 11.5 Å². The molecule has 6 aliphatic rings. The number of nitrogens with one attached hydrogen (secondary N) is 6. The average Bonchev–Trinajstić information content (AvgIpc) is 1.81. The van der Waals surface area contributed by atoms with Crippen molar-refractivity contribution in [2.45, 2.75) is 194 Å². The van der Waals surface area contributed by atoms with Crippen molar-refractivity contribution in [2.75, 3.05) is 49.2 Å². The Hall–Kier alpha value is -9.35. The molecule has 1 saturated heterocycles. The molecule has 2 aliphatic carbocycles. The highest BCUT2D eigenvalue weighted by molar-refractivity contribution is 8.03. The molecule has 8 aromatic rings. The van der Waals surface area contributed by atoms with Crippen molar-refractivity contribution in [2.24, 2.45) is 11.8 Å². The van der Waals surface area contributed by atoms with E-state index in [9.17, 15) is 40.3 Å². The van der Waals surface area contributed by atoms with Crippen molar-refractivity contribution in [1.29, 1.82) is 0 Å². The van der Waals surface area contributed by atoms with Gasteiger partial charge in [-0.2, -0.15) is 13.0 Å². The number of H-pyrrole nitrogens is 3. The van der Waals surface area contributed by atoms with Crippen LogP contribution in [0.3, 0.4) is 0 Å². The lowest BCUT2D eigenvalue weighted by molar-refractivity contribution is -0.438. The third-order valence-electron chi connectivity index (χ3n) is 24.8. The van der Waals surface area contributed by atoms with Crippen LogP contribution in [0.4, 0.5) is 11.4 Å². The number of hydrogen-bond donors (Lipinski definition) is 7. The van der Waals surface area contributed by atoms with Gasteiger partial charge >= 0.3 is 0 Å². The van der Waals surface area contributed by atoms with Crippen LogP contribution in [0.15, 0.2) is 159 Å². The molecule has 3 aromatic heterocycles. The summed E-state index contributed by atoms with van der Waals surface area (Å²) in [5, 5.41) is 16.6. The van der Waals surface area contributed by atoms with E-state index in [1.165, 1.54) is 28.7 Å². The lowest BCUT2D eigenvalue weighted by Gasteiger charge is -2.28. The number of hydrogen-bond acceptors (Lipinski definition) is 12. The predicted molar refractivity (Wildman–Crippen MR) is 464 cm³/mol. The minimum atomic E-state index is -4.40. The number of thioether (sulfide) groups is 1. The summed E-state index contributed by atoms with van der Waals surface area (Å²) >= 11 is 1.61. The summed E-state index contributed by atoms with van der Waals surface area (Å²) in [4.78, 5) is 58.4. The van der Waals surface area contributed by atoms with Gasteiger partial charge in [0.05, 0.1) is 33.1 Å². The van der Waals surface area contributed by atoms with Crippen LogP contribution in [0.1, 0.15) is 234 Å². The van der Waals surface area contributed by atoms with Crippen molar-refractivity contribution < 1.29 is 49.6 Å². The van der Waals surface area contributed by atoms with E-state index in [1.807, 2.05) is 37.3 Å². The Kier molecular flexibility index (Phi) is 24.4. The van der Waals surface area contributed by atoms with Crippen LogP contribution in [-0.4, -0.2) is 113 Å². The number of nitrogens with zero attached hydrogens (tertiary/aromatic N) is 2. The molecule has 7 heterocycles. The highest BCUT2D eigenvalue weighted by Crippen LogP contribution is 2.53. The zero-order valence-corrected chi connectivity index (χ0v) is 70.8. The molecule has 0 radical (unpaired) electrons. The number of unbranched alkanes of at least 4 members (excludes halogenated alkanes) is 5. The van der Waals surface area contributed by atoms with Gasteiger partial charge in [-0.15, -0.1) is 0 Å². The number of carbonyl (C=O) groups is 3. The van der Waals surface area contributed by atoms with Gasteiger partial charge in [0, 0.05) is 169 Å². The molecular weight excluding hydrogens is 1500 g/mol. The van der Waals surface area contributed by atoms with Crippen LogP contribution in [0.25, 0.3) is 45.3 Å². The predicted octanol–water partition coefficient (Wildman–Crippen LogP) is 17.4. The quantitative estimate of drug-likeness (QED) is 0.0126. The highest BCUT2D eigenvalue weighted by atomic mass is 32.2. The second kappa shape index (κ2) is 34.1. The first-order valence-electron chi connectivity index (χ1n) is 41.3. The Morgan fingerprint density at radius 1 is 0.757 bits per heavy atom. The highest BCUT2D eigenvalue weighted by Gasteiger charge is 2.47. The van der Waals surface area contributed by atoms with Crippen LogP contribution in [0.5, 0.6) is 0 Å². The molecule has 5 aromatic carbocycles. The third kappa shape index (κ3) is 17.1. The Morgan fingerprint density at radius 3 is 2.23 bits per heavy atom. The molecule has 0 saturated carbocycles. The molecule has 18 nitrogen and oxygen atoms in total. The van der Waals surface area contributed by atoms with E-state index in [0.29, 0.717) is 56.5 Å². The van der Waals surface area contributed by atoms with E-state index >= 15 is 0 Å². The summed E-state index contributed by atoms with van der Waals surface area (Å²) < 4.78 is 78.2. The van der Waals surface area contributed by atoms with Crippen molar-refractivity contribution in [1.82, 2.24) is 30.9 Å². The third-order valence-corrected chi connectivity index (χ3v) is 27.6. The zero-order valence-electron chi connectivity index (χ0n) is 68.3. The summed E-state index contributed by atoms with van der Waals surface area (Å²) in [6.45, 7) is 26.2. The second-order valence-corrected chi connectivity index (χ2v) is 37.3. The van der Waals surface area contributed by atoms with Crippen molar-refractivity contribution in [3.8, 4) is 0 Å². The molecule has 14 rings (SSSR count). The number of allylic oxidation sites excluding steroid dienone is 10. The lowest BCUT2D eigenvalue weighted by atomic mass is 9.78. The summed E-state index contributed by atoms with van der Waals surface area (Å²) in [5.74, 6) is -1.30. The molecule has 2 amide bonds. The topological polar surface area (TPSA) is 262 Å². The first-order chi connectivity index (χ1) is 55.0. The van der Waals surface area contributed by atoms with Gasteiger partial charge in [-0.3, -0.25) is 18.9 Å². The number of aromatic nitrogens is 3. The number of ether oxygens (including phenoxy) is 1. The maximum absolute atomic E-state index is 14.4. The van der Waals surface area contributed by atoms with Crippen molar-refractivity contribution in [3.63, 3.8) is 0 Å². The minimum absolute atomic E-state index is 0.0517. The fraction of sp³-hybridized carbons (Fsp3) is 0.404. The SMILES string of the molecule is CCCCCCOC(C)c1c2[nH]c(c1C)C=C1NC(=C3CC(=O)c4c3[nH]c(c4C)C=c3[nH]c(c(C)c3CC)=C2)[C@@H](CCC(=O)NCCNC(=O)c2cccc(SC3=C(/C=C/C4=[N+](CCCCS(=O)(=O)[O-])c5ccc6ccccc6c5C4(C)C)CCC/C3=C\C=C3\N(CCCCS(=O)(=O)O)c4ccc5ccccc5c4C3(C)C)c2)[C@@H]1C. The minimum Gasteiger partial charge on any atom is -0.748 e. The lowest BCUT2D eigenvalue weighted by Crippen LogP contribution is -2.34. The van der Waals surface area contributed by atoms with Crippen LogP contribution in [-0.2, 0) is 47.0 Å². The van der Waals surface area contributed by atoms with Gasteiger partial charge in [-0.05, 0) is 214 Å². The Bertz CT molecular complexity index is 5820. The van der Waals surface area contributed by atoms with Gasteiger partial charge in [0.25, 0.3) is 16.0 Å². The standard InChI is InChI=1S/C94H110N8O10S3/c1-12-14-15-22-49-112-61(7)85-59(5)75-54-74-58(4)69(89(99-74)72-53-81(103)86-60(6)76(100-90(72)86)55-77-68(13-2)57(3)73(97-77)56-78(85)98-75)39-44-84(104)95-45-46-96-92(105)66-31-26-32-67(52-66)113-91-64(37-42-82-93(8,9)87-70-33-18-16-27-62(70)35-40-79(87)101(82)47-20-23-50-114(106,107)108)29-25-30-65(91)38-43-83-94(10,11)88-71-34-19-17-28-63(71)36-41-80(88)102(83)48-21-24-51-115(109,110)111/h16-19,26-28,31-38,40-43,52,54-56,58,61,69,97-98H,12-15,20-25,29-30,39,44-51,53H2,1-11H3,(H5-,95,96,99,100,103,104,105,106,107,108,109,110,111)/t58-,61?,69-/m0/s1. The molecule has 1 fully saturated rings. The molecular formula is C94H110N8O10S3. The molecule has 1 unspecified atom stereocenters. The summed E-state index contributed by atoms with van der Waals surface area (Å²) in [6.07, 6.45) is 25.5. The average molecular weight is 1610 g/mol.